The minimum absolute atomic E-state index is 0.00242. The Hall–Kier alpha value is -0.900. The summed E-state index contributed by atoms with van der Waals surface area (Å²) in [5.74, 6) is 0. The molecule has 0 fully saturated rings. The lowest BCUT2D eigenvalue weighted by atomic mass is 9.92. The fourth-order valence-electron chi connectivity index (χ4n) is 1.63. The normalized spacial score (nSPS) is 11.8. The summed E-state index contributed by atoms with van der Waals surface area (Å²) in [6, 6.07) is 0. The van der Waals surface area contributed by atoms with Gasteiger partial charge in [-0.05, 0) is 18.8 Å². The summed E-state index contributed by atoms with van der Waals surface area (Å²) in [5.41, 5.74) is 1.90. The van der Waals surface area contributed by atoms with E-state index in [-0.39, 0.29) is 5.43 Å². The molecule has 0 spiro atoms. The molecule has 0 heterocycles. The Bertz CT molecular complexity index is 452. The van der Waals surface area contributed by atoms with E-state index in [0.717, 1.165) is 30.9 Å². The monoisotopic (exact) mass is 254 g/mol. The predicted octanol–water partition coefficient (Wildman–Crippen LogP) is 2.96. The summed E-state index contributed by atoms with van der Waals surface area (Å²) < 4.78 is 0.453. The highest BCUT2D eigenvalue weighted by molar-refractivity contribution is 7.71. The molecule has 96 valence electrons. The van der Waals surface area contributed by atoms with Crippen LogP contribution >= 0.6 is 12.2 Å². The number of nitrogens with one attached hydrogen (secondary N) is 1. The maximum Gasteiger partial charge on any atom is 0.224 e. The molecule has 0 saturated heterocycles. The molecule has 4 heteroatoms. The lowest BCUT2D eigenvalue weighted by Crippen LogP contribution is -2.30. The topological polar surface area (TPSA) is 32.3 Å². The van der Waals surface area contributed by atoms with Crippen LogP contribution in [0.4, 0.5) is 11.4 Å². The van der Waals surface area contributed by atoms with Gasteiger partial charge in [0.2, 0.25) is 5.43 Å². The zero-order valence-corrected chi connectivity index (χ0v) is 12.2. The number of nitrogens with zero attached hydrogens (tertiary/aromatic N) is 1. The highest BCUT2D eigenvalue weighted by Gasteiger charge is 2.20. The SMILES string of the molecule is CCN(C)c1c(NCCC(C)(C)C)c(=S)c1=O. The summed E-state index contributed by atoms with van der Waals surface area (Å²) >= 11 is 5.08. The van der Waals surface area contributed by atoms with E-state index in [9.17, 15) is 4.79 Å². The van der Waals surface area contributed by atoms with Crippen molar-refractivity contribution in [1.29, 1.82) is 0 Å². The first-order valence-electron chi connectivity index (χ1n) is 6.06. The van der Waals surface area contributed by atoms with E-state index in [2.05, 4.69) is 26.1 Å². The van der Waals surface area contributed by atoms with E-state index >= 15 is 0 Å². The summed E-state index contributed by atoms with van der Waals surface area (Å²) in [6.45, 7) is 10.3. The molecule has 0 bridgehead atoms. The smallest absolute Gasteiger partial charge is 0.224 e. The standard InChI is InChI=1S/C13H22N2OS/c1-6-15(5)10-9(12(17)11(10)16)14-8-7-13(2,3)4/h14H,6-8H2,1-5H3. The van der Waals surface area contributed by atoms with E-state index in [1.807, 2.05) is 18.9 Å². The maximum absolute atomic E-state index is 11.7. The summed E-state index contributed by atoms with van der Waals surface area (Å²) in [4.78, 5) is 13.6. The average Bonchev–Trinajstić information content (AvgIpc) is 2.25. The van der Waals surface area contributed by atoms with Gasteiger partial charge in [0.05, 0.1) is 5.69 Å². The van der Waals surface area contributed by atoms with Crippen LogP contribution in [0.3, 0.4) is 0 Å². The van der Waals surface area contributed by atoms with Gasteiger partial charge in [-0.1, -0.05) is 33.0 Å². The molecule has 0 aliphatic carbocycles. The van der Waals surface area contributed by atoms with Crippen LogP contribution in [0.1, 0.15) is 34.1 Å². The van der Waals surface area contributed by atoms with Gasteiger partial charge in [0.15, 0.2) is 0 Å². The van der Waals surface area contributed by atoms with Crippen molar-refractivity contribution >= 4 is 23.6 Å². The third kappa shape index (κ3) is 3.28. The Kier molecular flexibility index (Phi) is 4.31. The molecule has 3 nitrogen and oxygen atoms in total. The number of rotatable bonds is 5. The van der Waals surface area contributed by atoms with Crippen molar-refractivity contribution in [3.63, 3.8) is 0 Å². The van der Waals surface area contributed by atoms with Gasteiger partial charge in [-0.2, -0.15) is 0 Å². The van der Waals surface area contributed by atoms with Crippen molar-refractivity contribution in [3.05, 3.63) is 14.7 Å². The molecule has 1 rings (SSSR count). The van der Waals surface area contributed by atoms with Crippen molar-refractivity contribution < 1.29 is 0 Å². The van der Waals surface area contributed by atoms with Crippen LogP contribution in [0.25, 0.3) is 0 Å². The first-order valence-corrected chi connectivity index (χ1v) is 6.47. The molecule has 0 unspecified atom stereocenters. The minimum Gasteiger partial charge on any atom is -0.382 e. The second-order valence-corrected chi connectivity index (χ2v) is 6.04. The van der Waals surface area contributed by atoms with Crippen LogP contribution in [0.2, 0.25) is 0 Å². The first-order chi connectivity index (χ1) is 7.78. The van der Waals surface area contributed by atoms with E-state index in [0.29, 0.717) is 9.93 Å². The van der Waals surface area contributed by atoms with Crippen LogP contribution in [0, 0.1) is 9.93 Å². The Morgan fingerprint density at radius 1 is 1.35 bits per heavy atom. The molecule has 0 amide bonds. The van der Waals surface area contributed by atoms with E-state index < -0.39 is 0 Å². The van der Waals surface area contributed by atoms with Crippen molar-refractivity contribution in [2.75, 3.05) is 30.4 Å². The molecule has 0 aromatic heterocycles. The Morgan fingerprint density at radius 3 is 2.41 bits per heavy atom. The molecular weight excluding hydrogens is 232 g/mol. The zero-order chi connectivity index (χ0) is 13.2. The molecule has 0 atom stereocenters. The van der Waals surface area contributed by atoms with Crippen LogP contribution in [0.5, 0.6) is 0 Å². The van der Waals surface area contributed by atoms with Gasteiger partial charge in [-0.15, -0.1) is 0 Å². The first kappa shape index (κ1) is 14.2. The molecule has 1 aromatic carbocycles. The molecule has 1 N–H and O–H groups in total. The van der Waals surface area contributed by atoms with Crippen LogP contribution in [0.15, 0.2) is 4.79 Å². The molecular formula is C13H22N2OS. The lowest BCUT2D eigenvalue weighted by molar-refractivity contribution is 0.390. The van der Waals surface area contributed by atoms with Crippen LogP contribution < -0.4 is 15.6 Å². The highest BCUT2D eigenvalue weighted by atomic mass is 32.1. The molecule has 0 aliphatic heterocycles. The second kappa shape index (κ2) is 5.17. The van der Waals surface area contributed by atoms with Gasteiger partial charge >= 0.3 is 0 Å². The summed E-state index contributed by atoms with van der Waals surface area (Å²) in [6.07, 6.45) is 1.05. The summed E-state index contributed by atoms with van der Waals surface area (Å²) in [7, 11) is 1.92. The van der Waals surface area contributed by atoms with Gasteiger partial charge in [0, 0.05) is 20.1 Å². The van der Waals surface area contributed by atoms with Crippen LogP contribution in [-0.4, -0.2) is 20.1 Å². The van der Waals surface area contributed by atoms with Crippen molar-refractivity contribution in [2.45, 2.75) is 34.1 Å². The molecule has 0 aliphatic rings. The minimum atomic E-state index is 0.00242. The molecule has 17 heavy (non-hydrogen) atoms. The third-order valence-electron chi connectivity index (χ3n) is 2.92. The van der Waals surface area contributed by atoms with E-state index in [4.69, 9.17) is 12.2 Å². The van der Waals surface area contributed by atoms with E-state index in [1.54, 1.807) is 0 Å². The van der Waals surface area contributed by atoms with Gasteiger partial charge in [0.1, 0.15) is 10.2 Å². The quantitative estimate of drug-likeness (QED) is 0.819. The Balaban J connectivity index is 2.70. The zero-order valence-electron chi connectivity index (χ0n) is 11.4. The predicted molar refractivity (Wildman–Crippen MR) is 77.4 cm³/mol. The fourth-order valence-corrected chi connectivity index (χ4v) is 1.89. The van der Waals surface area contributed by atoms with Crippen LogP contribution in [-0.2, 0) is 0 Å². The average molecular weight is 254 g/mol. The number of hydrogen-bond donors (Lipinski definition) is 1. The molecule has 0 saturated carbocycles. The second-order valence-electron chi connectivity index (χ2n) is 5.63. The van der Waals surface area contributed by atoms with Gasteiger partial charge < -0.3 is 10.2 Å². The largest absolute Gasteiger partial charge is 0.382 e. The summed E-state index contributed by atoms with van der Waals surface area (Å²) in [5, 5.41) is 3.30. The molecule has 0 radical (unpaired) electrons. The maximum atomic E-state index is 11.7. The van der Waals surface area contributed by atoms with Crippen molar-refractivity contribution in [3.8, 4) is 0 Å². The van der Waals surface area contributed by atoms with Crippen molar-refractivity contribution in [2.24, 2.45) is 5.41 Å². The lowest BCUT2D eigenvalue weighted by Gasteiger charge is -2.24. The van der Waals surface area contributed by atoms with Gasteiger partial charge in [0.25, 0.3) is 0 Å². The van der Waals surface area contributed by atoms with Gasteiger partial charge in [-0.25, -0.2) is 0 Å². The third-order valence-corrected chi connectivity index (χ3v) is 3.31. The number of anilines is 2. The number of hydrogen-bond acceptors (Lipinski definition) is 4. The Labute approximate surface area is 109 Å². The van der Waals surface area contributed by atoms with E-state index in [1.165, 1.54) is 0 Å². The highest BCUT2D eigenvalue weighted by Crippen LogP contribution is 2.27. The Morgan fingerprint density at radius 2 is 1.94 bits per heavy atom. The molecule has 1 aromatic rings. The van der Waals surface area contributed by atoms with Gasteiger partial charge in [-0.3, -0.25) is 4.79 Å². The van der Waals surface area contributed by atoms with Crippen molar-refractivity contribution in [1.82, 2.24) is 0 Å². The fraction of sp³-hybridized carbons (Fsp3) is 0.692.